The third-order valence-electron chi connectivity index (χ3n) is 3.36. The fraction of sp³-hybridized carbons (Fsp3) is 0.500. The summed E-state index contributed by atoms with van der Waals surface area (Å²) in [6, 6.07) is 7.46. The Labute approximate surface area is 112 Å². The van der Waals surface area contributed by atoms with E-state index in [1.54, 1.807) is 0 Å². The smallest absolute Gasteiger partial charge is 0.241 e. The molecule has 4 N–H and O–H groups in total. The molecule has 1 aromatic carbocycles. The van der Waals surface area contributed by atoms with Crippen LogP contribution in [0.1, 0.15) is 24.1 Å². The number of nitrogens with one attached hydrogen (secondary N) is 2. The van der Waals surface area contributed by atoms with Crippen LogP contribution < -0.4 is 10.6 Å². The third kappa shape index (κ3) is 3.32. The third-order valence-corrected chi connectivity index (χ3v) is 3.36. The number of carbonyl (C=O) groups is 1. The van der Waals surface area contributed by atoms with E-state index in [-0.39, 0.29) is 25.1 Å². The molecule has 1 amide bonds. The normalized spacial score (nSPS) is 21.3. The van der Waals surface area contributed by atoms with Crippen LogP contribution in [0.3, 0.4) is 0 Å². The quantitative estimate of drug-likeness (QED) is 0.603. The molecular weight excluding hydrogens is 244 g/mol. The van der Waals surface area contributed by atoms with Gasteiger partial charge in [-0.1, -0.05) is 24.3 Å². The predicted octanol–water partition coefficient (Wildman–Crippen LogP) is -0.267. The lowest BCUT2D eigenvalue weighted by atomic mass is 9.94. The summed E-state index contributed by atoms with van der Waals surface area (Å²) in [7, 11) is 0. The average molecular weight is 264 g/mol. The molecule has 2 rings (SSSR count). The largest absolute Gasteiger partial charge is 0.393 e. The average Bonchev–Trinajstić information content (AvgIpc) is 2.44. The molecule has 1 aromatic rings. The van der Waals surface area contributed by atoms with Gasteiger partial charge in [-0.15, -0.1) is 0 Å². The number of rotatable bonds is 4. The Bertz CT molecular complexity index is 460. The van der Waals surface area contributed by atoms with Gasteiger partial charge in [-0.25, -0.2) is 0 Å². The summed E-state index contributed by atoms with van der Waals surface area (Å²) in [4.78, 5) is 12.2. The second-order valence-electron chi connectivity index (χ2n) is 5.21. The van der Waals surface area contributed by atoms with Crippen molar-refractivity contribution in [3.05, 3.63) is 35.4 Å². The number of fused-ring (bicyclic) bond motifs is 1. The first-order valence-electron chi connectivity index (χ1n) is 6.46. The molecule has 0 bridgehead atoms. The molecule has 1 aliphatic heterocycles. The lowest BCUT2D eigenvalue weighted by Gasteiger charge is -2.28. The minimum atomic E-state index is -1.29. The van der Waals surface area contributed by atoms with Gasteiger partial charge in [0.25, 0.3) is 0 Å². The number of aliphatic hydroxyl groups excluding tert-OH is 1. The van der Waals surface area contributed by atoms with Crippen molar-refractivity contribution in [1.29, 1.82) is 0 Å². The summed E-state index contributed by atoms with van der Waals surface area (Å²) in [5.41, 5.74) is 0.870. The van der Waals surface area contributed by atoms with Crippen molar-refractivity contribution >= 4 is 5.91 Å². The number of carbonyl (C=O) groups excluding carboxylic acids is 1. The van der Waals surface area contributed by atoms with Gasteiger partial charge in [-0.2, -0.15) is 0 Å². The standard InChI is InChI=1S/C14H20N2O3/c1-14(19,9-17)8-16-13(18)12-11-5-3-2-4-10(11)6-7-15-12/h2-5,12,15,17,19H,6-9H2,1H3,(H,16,18). The molecule has 5 nitrogen and oxygen atoms in total. The van der Waals surface area contributed by atoms with Gasteiger partial charge in [0.2, 0.25) is 5.91 Å². The monoisotopic (exact) mass is 264 g/mol. The van der Waals surface area contributed by atoms with Crippen LogP contribution in [0.15, 0.2) is 24.3 Å². The van der Waals surface area contributed by atoms with Crippen LogP contribution in [-0.4, -0.2) is 41.4 Å². The zero-order valence-corrected chi connectivity index (χ0v) is 11.0. The summed E-state index contributed by atoms with van der Waals surface area (Å²) < 4.78 is 0. The first-order valence-corrected chi connectivity index (χ1v) is 6.46. The fourth-order valence-corrected chi connectivity index (χ4v) is 2.17. The van der Waals surface area contributed by atoms with E-state index in [0.717, 1.165) is 18.5 Å². The Morgan fingerprint density at radius 1 is 1.53 bits per heavy atom. The van der Waals surface area contributed by atoms with E-state index in [2.05, 4.69) is 10.6 Å². The minimum Gasteiger partial charge on any atom is -0.393 e. The number of hydrogen-bond acceptors (Lipinski definition) is 4. The van der Waals surface area contributed by atoms with Crippen molar-refractivity contribution in [2.45, 2.75) is 25.0 Å². The highest BCUT2D eigenvalue weighted by Crippen LogP contribution is 2.22. The van der Waals surface area contributed by atoms with Crippen molar-refractivity contribution in [2.75, 3.05) is 19.7 Å². The minimum absolute atomic E-state index is 0.0304. The molecule has 19 heavy (non-hydrogen) atoms. The van der Waals surface area contributed by atoms with Gasteiger partial charge in [-0.3, -0.25) is 4.79 Å². The molecule has 1 aliphatic rings. The molecule has 104 valence electrons. The molecule has 2 unspecified atom stereocenters. The zero-order chi connectivity index (χ0) is 13.9. The van der Waals surface area contributed by atoms with Gasteiger partial charge < -0.3 is 20.8 Å². The summed E-state index contributed by atoms with van der Waals surface area (Å²) >= 11 is 0. The molecule has 0 spiro atoms. The lowest BCUT2D eigenvalue weighted by molar-refractivity contribution is -0.125. The fourth-order valence-electron chi connectivity index (χ4n) is 2.17. The maximum atomic E-state index is 12.2. The Hall–Kier alpha value is -1.43. The Balaban J connectivity index is 2.05. The van der Waals surface area contributed by atoms with Crippen LogP contribution in [-0.2, 0) is 11.2 Å². The van der Waals surface area contributed by atoms with Gasteiger partial charge in [0, 0.05) is 13.1 Å². The van der Waals surface area contributed by atoms with Crippen LogP contribution in [0.4, 0.5) is 0 Å². The molecule has 1 heterocycles. The summed E-state index contributed by atoms with van der Waals surface area (Å²) in [5, 5.41) is 24.5. The molecule has 5 heteroatoms. The van der Waals surface area contributed by atoms with Crippen molar-refractivity contribution in [3.63, 3.8) is 0 Å². The van der Waals surface area contributed by atoms with E-state index in [1.807, 2.05) is 24.3 Å². The number of amides is 1. The van der Waals surface area contributed by atoms with E-state index in [9.17, 15) is 9.90 Å². The van der Waals surface area contributed by atoms with Crippen molar-refractivity contribution in [1.82, 2.24) is 10.6 Å². The number of benzene rings is 1. The molecular formula is C14H20N2O3. The van der Waals surface area contributed by atoms with Crippen molar-refractivity contribution < 1.29 is 15.0 Å². The number of aliphatic hydroxyl groups is 2. The highest BCUT2D eigenvalue weighted by Gasteiger charge is 2.27. The molecule has 0 radical (unpaired) electrons. The second kappa shape index (κ2) is 5.69. The maximum absolute atomic E-state index is 12.2. The van der Waals surface area contributed by atoms with Crippen LogP contribution >= 0.6 is 0 Å². The van der Waals surface area contributed by atoms with Crippen LogP contribution in [0.5, 0.6) is 0 Å². The van der Waals surface area contributed by atoms with Crippen LogP contribution in [0.25, 0.3) is 0 Å². The highest BCUT2D eigenvalue weighted by atomic mass is 16.3. The lowest BCUT2D eigenvalue weighted by Crippen LogP contribution is -2.48. The van der Waals surface area contributed by atoms with E-state index in [0.29, 0.717) is 0 Å². The van der Waals surface area contributed by atoms with Gasteiger partial charge in [0.05, 0.1) is 6.61 Å². The van der Waals surface area contributed by atoms with Gasteiger partial charge in [0.1, 0.15) is 11.6 Å². The Morgan fingerprint density at radius 2 is 2.26 bits per heavy atom. The van der Waals surface area contributed by atoms with E-state index >= 15 is 0 Å². The van der Waals surface area contributed by atoms with Crippen molar-refractivity contribution in [2.24, 2.45) is 0 Å². The first kappa shape index (κ1) is 14.0. The zero-order valence-electron chi connectivity index (χ0n) is 11.0. The molecule has 0 saturated carbocycles. The second-order valence-corrected chi connectivity index (χ2v) is 5.21. The van der Waals surface area contributed by atoms with Crippen LogP contribution in [0, 0.1) is 0 Å². The molecule has 2 atom stereocenters. The topological polar surface area (TPSA) is 81.6 Å². The summed E-state index contributed by atoms with van der Waals surface area (Å²) in [5.74, 6) is -0.180. The highest BCUT2D eigenvalue weighted by molar-refractivity contribution is 5.84. The number of hydrogen-bond donors (Lipinski definition) is 4. The van der Waals surface area contributed by atoms with E-state index in [4.69, 9.17) is 5.11 Å². The van der Waals surface area contributed by atoms with Gasteiger partial charge in [0.15, 0.2) is 0 Å². The Kier molecular flexibility index (Phi) is 4.19. The SMILES string of the molecule is CC(O)(CO)CNC(=O)C1NCCc2ccccc21. The molecule has 0 aromatic heterocycles. The molecule has 0 saturated heterocycles. The van der Waals surface area contributed by atoms with Crippen molar-refractivity contribution in [3.8, 4) is 0 Å². The first-order chi connectivity index (χ1) is 9.03. The maximum Gasteiger partial charge on any atom is 0.241 e. The Morgan fingerprint density at radius 3 is 3.00 bits per heavy atom. The van der Waals surface area contributed by atoms with E-state index in [1.165, 1.54) is 12.5 Å². The molecule has 0 aliphatic carbocycles. The van der Waals surface area contributed by atoms with Crippen LogP contribution in [0.2, 0.25) is 0 Å². The van der Waals surface area contributed by atoms with E-state index < -0.39 is 5.60 Å². The summed E-state index contributed by atoms with van der Waals surface area (Å²) in [6.07, 6.45) is 0.911. The summed E-state index contributed by atoms with van der Waals surface area (Å²) in [6.45, 7) is 1.88. The van der Waals surface area contributed by atoms with Gasteiger partial charge >= 0.3 is 0 Å². The van der Waals surface area contributed by atoms with Gasteiger partial charge in [-0.05, 0) is 24.5 Å². The predicted molar refractivity (Wildman–Crippen MR) is 71.6 cm³/mol. The molecule has 0 fully saturated rings.